The maximum Gasteiger partial charge on any atom is 0.335 e. The van der Waals surface area contributed by atoms with Gasteiger partial charge in [-0.25, -0.2) is 13.5 Å². The van der Waals surface area contributed by atoms with Crippen molar-refractivity contribution >= 4 is 29.5 Å². The Morgan fingerprint density at radius 2 is 1.80 bits per heavy atom. The zero-order chi connectivity index (χ0) is 25.6. The molecular formula is C27H30ClFN2O3S. The summed E-state index contributed by atoms with van der Waals surface area (Å²) in [7, 11) is 1.91. The van der Waals surface area contributed by atoms with Crippen LogP contribution in [0.25, 0.3) is 11.1 Å². The normalized spacial score (nSPS) is 12.7. The molecule has 0 radical (unpaired) electrons. The molecule has 5 nitrogen and oxygen atoms in total. The Balaban J connectivity index is 1.53. The van der Waals surface area contributed by atoms with Crippen LogP contribution in [0.3, 0.4) is 0 Å². The average molecular weight is 517 g/mol. The second-order valence-electron chi connectivity index (χ2n) is 9.16. The van der Waals surface area contributed by atoms with Gasteiger partial charge in [-0.15, -0.1) is 0 Å². The Kier molecular flexibility index (Phi) is 9.33. The molecule has 3 aromatic rings. The van der Waals surface area contributed by atoms with Crippen LogP contribution in [0.1, 0.15) is 29.8 Å². The number of hydrogen-bond acceptors (Lipinski definition) is 5. The largest absolute Gasteiger partial charge is 0.478 e. The van der Waals surface area contributed by atoms with Gasteiger partial charge in [-0.3, -0.25) is 0 Å². The number of carboxylic acid groups (broad SMARTS) is 1. The van der Waals surface area contributed by atoms with Crippen LogP contribution >= 0.6 is 23.5 Å². The summed E-state index contributed by atoms with van der Waals surface area (Å²) in [6, 6.07) is 19.5. The summed E-state index contributed by atoms with van der Waals surface area (Å²) in [5.74, 6) is -1.39. The van der Waals surface area contributed by atoms with Crippen LogP contribution in [0, 0.1) is 5.82 Å². The number of aliphatic hydroxyl groups excluding tert-OH is 1. The van der Waals surface area contributed by atoms with Crippen molar-refractivity contribution in [3.63, 3.8) is 0 Å². The van der Waals surface area contributed by atoms with E-state index in [4.69, 9.17) is 11.6 Å². The zero-order valence-corrected chi connectivity index (χ0v) is 21.5. The smallest absolute Gasteiger partial charge is 0.335 e. The number of nitrogens with one attached hydrogen (secondary N) is 1. The molecule has 0 bridgehead atoms. The number of rotatable bonds is 11. The molecule has 3 N–H and O–H groups in total. The first-order chi connectivity index (χ1) is 16.5. The fraction of sp³-hybridized carbons (Fsp3) is 0.296. The van der Waals surface area contributed by atoms with Crippen LogP contribution in [0.2, 0.25) is 5.02 Å². The molecule has 3 rings (SSSR count). The fourth-order valence-electron chi connectivity index (χ4n) is 3.76. The van der Waals surface area contributed by atoms with Gasteiger partial charge in [0.1, 0.15) is 5.82 Å². The van der Waals surface area contributed by atoms with E-state index in [1.807, 2.05) is 61.6 Å². The predicted molar refractivity (Wildman–Crippen MR) is 141 cm³/mol. The van der Waals surface area contributed by atoms with Gasteiger partial charge in [-0.1, -0.05) is 41.9 Å². The van der Waals surface area contributed by atoms with Crippen LogP contribution in [-0.2, 0) is 6.42 Å². The first-order valence-corrected chi connectivity index (χ1v) is 12.4. The summed E-state index contributed by atoms with van der Waals surface area (Å²) < 4.78 is 15.7. The highest BCUT2D eigenvalue weighted by Crippen LogP contribution is 2.28. The van der Waals surface area contributed by atoms with Crippen molar-refractivity contribution in [2.45, 2.75) is 36.8 Å². The van der Waals surface area contributed by atoms with Gasteiger partial charge >= 0.3 is 5.97 Å². The van der Waals surface area contributed by atoms with Crippen molar-refractivity contribution in [1.29, 1.82) is 0 Å². The molecule has 0 heterocycles. The lowest BCUT2D eigenvalue weighted by atomic mass is 9.94. The van der Waals surface area contributed by atoms with E-state index in [1.54, 1.807) is 24.3 Å². The summed E-state index contributed by atoms with van der Waals surface area (Å²) in [6.07, 6.45) is -0.0157. The van der Waals surface area contributed by atoms with E-state index >= 15 is 0 Å². The van der Waals surface area contributed by atoms with Crippen LogP contribution in [0.15, 0.2) is 71.6 Å². The molecule has 0 saturated carbocycles. The number of benzene rings is 3. The molecule has 3 aromatic carbocycles. The highest BCUT2D eigenvalue weighted by molar-refractivity contribution is 7.97. The van der Waals surface area contributed by atoms with E-state index in [-0.39, 0.29) is 16.1 Å². The standard InChI is InChI=1S/C27H30ClFN2O3S/c1-27(2,15-18-10-11-24(28)25(29)12-18)30-16-22(32)17-31(3)35-23-9-5-7-20(14-23)19-6-4-8-21(13-19)26(33)34/h4-14,22,30,32H,15-17H2,1-3H3,(H,33,34)/t22-/m1/s1. The van der Waals surface area contributed by atoms with E-state index in [0.29, 0.717) is 19.5 Å². The Labute approximate surface area is 215 Å². The molecule has 0 fully saturated rings. The molecule has 35 heavy (non-hydrogen) atoms. The highest BCUT2D eigenvalue weighted by Gasteiger charge is 2.20. The van der Waals surface area contributed by atoms with Gasteiger partial charge in [-0.05, 0) is 92.4 Å². The molecule has 0 spiro atoms. The second kappa shape index (κ2) is 12.0. The van der Waals surface area contributed by atoms with E-state index in [9.17, 15) is 19.4 Å². The maximum absolute atomic E-state index is 13.7. The Bertz CT molecular complexity index is 1170. The number of nitrogens with zero attached hydrogens (tertiary/aromatic N) is 1. The molecule has 0 aromatic heterocycles. The number of aliphatic hydroxyl groups is 1. The quantitative estimate of drug-likeness (QED) is 0.282. The predicted octanol–water partition coefficient (Wildman–Crippen LogP) is 5.76. The monoisotopic (exact) mass is 516 g/mol. The average Bonchev–Trinajstić information content (AvgIpc) is 2.80. The lowest BCUT2D eigenvalue weighted by Crippen LogP contribution is -2.46. The summed E-state index contributed by atoms with van der Waals surface area (Å²) >= 11 is 7.27. The molecule has 1 atom stereocenters. The summed E-state index contributed by atoms with van der Waals surface area (Å²) in [5, 5.41) is 23.3. The van der Waals surface area contributed by atoms with Gasteiger partial charge in [0.2, 0.25) is 0 Å². The molecule has 8 heteroatoms. The maximum atomic E-state index is 13.7. The number of carboxylic acids is 1. The molecule has 0 amide bonds. The van der Waals surface area contributed by atoms with Gasteiger partial charge in [-0.2, -0.15) is 0 Å². The summed E-state index contributed by atoms with van der Waals surface area (Å²) in [6.45, 7) is 4.84. The minimum Gasteiger partial charge on any atom is -0.478 e. The van der Waals surface area contributed by atoms with E-state index in [2.05, 4.69) is 5.32 Å². The van der Waals surface area contributed by atoms with Gasteiger partial charge in [0.05, 0.1) is 16.7 Å². The number of likely N-dealkylation sites (N-methyl/N-ethyl adjacent to an activating group) is 1. The van der Waals surface area contributed by atoms with E-state index < -0.39 is 17.9 Å². The van der Waals surface area contributed by atoms with Crippen molar-refractivity contribution in [2.24, 2.45) is 0 Å². The van der Waals surface area contributed by atoms with Crippen LogP contribution < -0.4 is 5.32 Å². The highest BCUT2D eigenvalue weighted by atomic mass is 35.5. The lowest BCUT2D eigenvalue weighted by molar-refractivity contribution is 0.0697. The number of hydrogen-bond donors (Lipinski definition) is 3. The van der Waals surface area contributed by atoms with Crippen molar-refractivity contribution in [2.75, 3.05) is 20.1 Å². The lowest BCUT2D eigenvalue weighted by Gasteiger charge is -2.29. The molecule has 0 aliphatic carbocycles. The Hall–Kier alpha value is -2.42. The number of aromatic carboxylic acids is 1. The van der Waals surface area contributed by atoms with E-state index in [0.717, 1.165) is 21.6 Å². The fourth-order valence-corrected chi connectivity index (χ4v) is 4.80. The zero-order valence-electron chi connectivity index (χ0n) is 20.0. The van der Waals surface area contributed by atoms with Crippen molar-refractivity contribution in [1.82, 2.24) is 9.62 Å². The number of carbonyl (C=O) groups is 1. The third-order valence-electron chi connectivity index (χ3n) is 5.45. The van der Waals surface area contributed by atoms with Crippen molar-refractivity contribution in [3.05, 3.63) is 88.7 Å². The number of β-amino-alcohol motifs (C(OH)–C–C–N with tert-alkyl or cyclic N) is 1. The minimum atomic E-state index is -0.955. The third-order valence-corrected chi connectivity index (χ3v) is 6.68. The van der Waals surface area contributed by atoms with Gasteiger partial charge in [0.15, 0.2) is 0 Å². The first kappa shape index (κ1) is 27.2. The number of halogens is 2. The van der Waals surface area contributed by atoms with Crippen molar-refractivity contribution < 1.29 is 19.4 Å². The molecule has 0 saturated heterocycles. The van der Waals surface area contributed by atoms with Gasteiger partial charge < -0.3 is 15.5 Å². The third kappa shape index (κ3) is 8.33. The molecular weight excluding hydrogens is 487 g/mol. The minimum absolute atomic E-state index is 0.106. The topological polar surface area (TPSA) is 72.8 Å². The van der Waals surface area contributed by atoms with Crippen LogP contribution in [0.5, 0.6) is 0 Å². The van der Waals surface area contributed by atoms with Crippen LogP contribution in [0.4, 0.5) is 4.39 Å². The Morgan fingerprint density at radius 1 is 1.11 bits per heavy atom. The Morgan fingerprint density at radius 3 is 2.49 bits per heavy atom. The van der Waals surface area contributed by atoms with Gasteiger partial charge in [0.25, 0.3) is 0 Å². The van der Waals surface area contributed by atoms with Gasteiger partial charge in [0, 0.05) is 23.5 Å². The molecule has 0 aliphatic rings. The van der Waals surface area contributed by atoms with Crippen LogP contribution in [-0.4, -0.2) is 52.3 Å². The first-order valence-electron chi connectivity index (χ1n) is 11.2. The molecule has 0 unspecified atom stereocenters. The molecule has 186 valence electrons. The second-order valence-corrected chi connectivity index (χ2v) is 10.8. The molecule has 0 aliphatic heterocycles. The summed E-state index contributed by atoms with van der Waals surface area (Å²) in [5.41, 5.74) is 2.50. The SMILES string of the molecule is CN(C[C@H](O)CNC(C)(C)Cc1ccc(Cl)c(F)c1)Sc1cccc(-c2cccc(C(=O)O)c2)c1. The van der Waals surface area contributed by atoms with E-state index in [1.165, 1.54) is 18.0 Å². The summed E-state index contributed by atoms with van der Waals surface area (Å²) in [4.78, 5) is 12.3. The van der Waals surface area contributed by atoms with Crippen molar-refractivity contribution in [3.8, 4) is 11.1 Å².